The molecule has 1 aliphatic heterocycles. The number of hydrogen-bond acceptors (Lipinski definition) is 6. The fourth-order valence-corrected chi connectivity index (χ4v) is 6.63. The highest BCUT2D eigenvalue weighted by molar-refractivity contribution is 7.99. The van der Waals surface area contributed by atoms with Crippen molar-refractivity contribution >= 4 is 33.2 Å². The Labute approximate surface area is 198 Å². The number of nitrogens with zero attached hydrogens (tertiary/aromatic N) is 4. The summed E-state index contributed by atoms with van der Waals surface area (Å²) >= 11 is 3.35. The lowest BCUT2D eigenvalue weighted by molar-refractivity contribution is 0.359. The van der Waals surface area contributed by atoms with Crippen molar-refractivity contribution in [1.29, 1.82) is 0 Å². The Balaban J connectivity index is 1.38. The van der Waals surface area contributed by atoms with Crippen molar-refractivity contribution in [3.8, 4) is 17.0 Å². The number of thiophene rings is 1. The second-order valence-electron chi connectivity index (χ2n) is 7.89. The molecule has 0 amide bonds. The molecule has 8 heteroatoms. The van der Waals surface area contributed by atoms with Gasteiger partial charge in [0, 0.05) is 34.1 Å². The van der Waals surface area contributed by atoms with Crippen LogP contribution in [0, 0.1) is 0 Å². The molecule has 3 aromatic heterocycles. The number of methoxy groups -OCH3 is 1. The maximum absolute atomic E-state index is 13.3. The van der Waals surface area contributed by atoms with E-state index in [9.17, 15) is 4.79 Å². The topological polar surface area (TPSA) is 61.9 Å². The molecule has 5 aromatic rings. The third kappa shape index (κ3) is 3.46. The van der Waals surface area contributed by atoms with Gasteiger partial charge < -0.3 is 4.74 Å². The number of fused-ring (bicyclic) bond motifs is 2. The molecule has 0 unspecified atom stereocenters. The molecule has 1 atom stereocenters. The summed E-state index contributed by atoms with van der Waals surface area (Å²) in [6.45, 7) is 0. The summed E-state index contributed by atoms with van der Waals surface area (Å²) in [5.41, 5.74) is 3.86. The van der Waals surface area contributed by atoms with Crippen LogP contribution in [-0.2, 0) is 6.42 Å². The summed E-state index contributed by atoms with van der Waals surface area (Å²) < 4.78 is 10.6. The number of thioether (sulfide) groups is 1. The zero-order valence-corrected chi connectivity index (χ0v) is 19.5. The molecule has 0 spiro atoms. The molecule has 0 radical (unpaired) electrons. The van der Waals surface area contributed by atoms with Crippen LogP contribution >= 0.6 is 23.1 Å². The van der Waals surface area contributed by atoms with Gasteiger partial charge >= 0.3 is 0 Å². The lowest BCUT2D eigenvalue weighted by Crippen LogP contribution is -2.29. The first-order valence-electron chi connectivity index (χ1n) is 10.6. The number of ether oxygens (including phenoxy) is 1. The Morgan fingerprint density at radius 3 is 2.76 bits per heavy atom. The first-order chi connectivity index (χ1) is 16.2. The van der Waals surface area contributed by atoms with E-state index < -0.39 is 0 Å². The molecular formula is C25H20N4O2S2. The van der Waals surface area contributed by atoms with Crippen molar-refractivity contribution in [3.63, 3.8) is 0 Å². The maximum Gasteiger partial charge on any atom is 0.253 e. The molecule has 6 nitrogen and oxygen atoms in total. The molecule has 164 valence electrons. The molecule has 0 saturated heterocycles. The molecule has 0 N–H and O–H groups in total. The first-order valence-corrected chi connectivity index (χ1v) is 12.5. The van der Waals surface area contributed by atoms with Crippen LogP contribution in [0.3, 0.4) is 0 Å². The minimum atomic E-state index is -0.243. The second-order valence-corrected chi connectivity index (χ2v) is 9.81. The van der Waals surface area contributed by atoms with E-state index in [4.69, 9.17) is 4.74 Å². The number of rotatable bonds is 5. The van der Waals surface area contributed by atoms with E-state index in [-0.39, 0.29) is 11.7 Å². The van der Waals surface area contributed by atoms with Crippen molar-refractivity contribution in [3.05, 3.63) is 93.7 Å². The lowest BCUT2D eigenvalue weighted by Gasteiger charge is -2.17. The Morgan fingerprint density at radius 1 is 1.09 bits per heavy atom. The average Bonchev–Trinajstić information content (AvgIpc) is 3.59. The van der Waals surface area contributed by atoms with E-state index in [1.807, 2.05) is 36.5 Å². The second kappa shape index (κ2) is 8.20. The fraction of sp³-hybridized carbons (Fsp3) is 0.160. The van der Waals surface area contributed by atoms with Gasteiger partial charge in [0.1, 0.15) is 16.9 Å². The summed E-state index contributed by atoms with van der Waals surface area (Å²) in [6.07, 6.45) is 2.32. The monoisotopic (exact) mass is 472 g/mol. The van der Waals surface area contributed by atoms with Gasteiger partial charge in [0.15, 0.2) is 5.75 Å². The highest BCUT2D eigenvalue weighted by Gasteiger charge is 2.31. The van der Waals surface area contributed by atoms with Crippen molar-refractivity contribution in [2.45, 2.75) is 17.6 Å². The molecule has 33 heavy (non-hydrogen) atoms. The molecule has 2 aromatic carbocycles. The average molecular weight is 473 g/mol. The minimum Gasteiger partial charge on any atom is -0.494 e. The van der Waals surface area contributed by atoms with E-state index in [1.165, 1.54) is 15.6 Å². The van der Waals surface area contributed by atoms with E-state index >= 15 is 0 Å². The van der Waals surface area contributed by atoms with Gasteiger partial charge in [-0.25, -0.2) is 4.68 Å². The number of pyridine rings is 1. The Kier molecular flexibility index (Phi) is 5.04. The number of hydrogen-bond donors (Lipinski definition) is 0. The van der Waals surface area contributed by atoms with Crippen LogP contribution in [0.2, 0.25) is 0 Å². The van der Waals surface area contributed by atoms with Crippen LogP contribution in [0.25, 0.3) is 21.3 Å². The first kappa shape index (κ1) is 20.3. The molecular weight excluding hydrogens is 452 g/mol. The van der Waals surface area contributed by atoms with Gasteiger partial charge in [-0.1, -0.05) is 53.7 Å². The van der Waals surface area contributed by atoms with Crippen LogP contribution < -0.4 is 10.3 Å². The van der Waals surface area contributed by atoms with Crippen LogP contribution in [0.1, 0.15) is 17.3 Å². The van der Waals surface area contributed by atoms with E-state index in [0.717, 1.165) is 27.6 Å². The van der Waals surface area contributed by atoms with Gasteiger partial charge in [-0.05, 0) is 22.4 Å². The summed E-state index contributed by atoms with van der Waals surface area (Å²) in [7, 11) is 1.67. The predicted molar refractivity (Wildman–Crippen MR) is 133 cm³/mol. The summed E-state index contributed by atoms with van der Waals surface area (Å²) in [5.74, 6) is 1.45. The van der Waals surface area contributed by atoms with Gasteiger partial charge in [-0.2, -0.15) is 0 Å². The largest absolute Gasteiger partial charge is 0.494 e. The van der Waals surface area contributed by atoms with Gasteiger partial charge in [0.25, 0.3) is 5.56 Å². The normalized spacial score (nSPS) is 15.1. The summed E-state index contributed by atoms with van der Waals surface area (Å²) in [5, 5.41) is 12.9. The van der Waals surface area contributed by atoms with Gasteiger partial charge in [0.2, 0.25) is 0 Å². The van der Waals surface area contributed by atoms with Crippen LogP contribution in [0.5, 0.6) is 5.75 Å². The molecule has 0 fully saturated rings. The predicted octanol–water partition coefficient (Wildman–Crippen LogP) is 5.07. The maximum atomic E-state index is 13.3. The zero-order chi connectivity index (χ0) is 22.4. The van der Waals surface area contributed by atoms with Crippen molar-refractivity contribution in [2.24, 2.45) is 0 Å². The quantitative estimate of drug-likeness (QED) is 0.357. The van der Waals surface area contributed by atoms with Crippen LogP contribution in [-0.4, -0.2) is 32.4 Å². The van der Waals surface area contributed by atoms with E-state index in [0.29, 0.717) is 12.2 Å². The number of benzene rings is 2. The van der Waals surface area contributed by atoms with Gasteiger partial charge in [-0.15, -0.1) is 28.2 Å². The van der Waals surface area contributed by atoms with E-state index in [1.54, 1.807) is 45.5 Å². The molecule has 0 aliphatic carbocycles. The summed E-state index contributed by atoms with van der Waals surface area (Å²) in [4.78, 5) is 13.3. The van der Waals surface area contributed by atoms with Crippen molar-refractivity contribution < 1.29 is 4.74 Å². The van der Waals surface area contributed by atoms with Gasteiger partial charge in [0.05, 0.1) is 13.3 Å². The lowest BCUT2D eigenvalue weighted by atomic mass is 10.0. The molecule has 1 aliphatic rings. The fourth-order valence-electron chi connectivity index (χ4n) is 4.36. The van der Waals surface area contributed by atoms with Crippen LogP contribution in [0.15, 0.2) is 82.1 Å². The SMILES string of the molecule is COc1c(Cc2csc3ccccc23)cc(=O)n2c1SC[C@H]2n1cc(-c2ccccc2)nn1. The Hall–Kier alpha value is -3.36. The smallest absolute Gasteiger partial charge is 0.253 e. The number of aromatic nitrogens is 4. The molecule has 4 heterocycles. The van der Waals surface area contributed by atoms with Crippen molar-refractivity contribution in [1.82, 2.24) is 19.6 Å². The van der Waals surface area contributed by atoms with Gasteiger partial charge in [-0.3, -0.25) is 9.36 Å². The minimum absolute atomic E-state index is 0.0490. The summed E-state index contributed by atoms with van der Waals surface area (Å²) in [6, 6.07) is 20.0. The Morgan fingerprint density at radius 2 is 1.91 bits per heavy atom. The third-order valence-corrected chi connectivity index (χ3v) is 8.07. The molecule has 0 saturated carbocycles. The van der Waals surface area contributed by atoms with Crippen molar-refractivity contribution in [2.75, 3.05) is 12.9 Å². The third-order valence-electron chi connectivity index (χ3n) is 5.94. The highest BCUT2D eigenvalue weighted by atomic mass is 32.2. The highest BCUT2D eigenvalue weighted by Crippen LogP contribution is 2.41. The molecule has 0 bridgehead atoms. The van der Waals surface area contributed by atoms with E-state index in [2.05, 4.69) is 40.0 Å². The van der Waals surface area contributed by atoms with Crippen LogP contribution in [0.4, 0.5) is 0 Å². The standard InChI is InChI=1S/C25H20N4O2S2/c1-31-24-17(11-18-14-32-21-10-6-5-9-19(18)21)12-23(30)29-22(15-33-25(24)29)28-13-20(26-27-28)16-7-3-2-4-8-16/h2-10,12-14,22H,11,15H2,1H3/t22-/m0/s1. The Bertz CT molecular complexity index is 1520. The molecule has 6 rings (SSSR count). The zero-order valence-electron chi connectivity index (χ0n) is 17.8.